The quantitative estimate of drug-likeness (QED) is 0.858. The van der Waals surface area contributed by atoms with Gasteiger partial charge in [0.05, 0.1) is 11.6 Å². The van der Waals surface area contributed by atoms with Crippen molar-refractivity contribution in [2.24, 2.45) is 5.73 Å². The molecular weight excluding hydrogens is 284 g/mol. The van der Waals surface area contributed by atoms with Crippen LogP contribution in [0, 0.1) is 0 Å². The van der Waals surface area contributed by atoms with Crippen LogP contribution in [-0.2, 0) is 4.74 Å². The molecule has 19 heavy (non-hydrogen) atoms. The zero-order valence-electron chi connectivity index (χ0n) is 10.8. The summed E-state index contributed by atoms with van der Waals surface area (Å²) in [6.07, 6.45) is 0.0741. The van der Waals surface area contributed by atoms with Crippen LogP contribution in [0.2, 0.25) is 5.02 Å². The van der Waals surface area contributed by atoms with Gasteiger partial charge in [-0.25, -0.2) is 0 Å². The molecule has 1 aromatic rings. The van der Waals surface area contributed by atoms with Crippen molar-refractivity contribution >= 4 is 28.8 Å². The smallest absolute Gasteiger partial charge is 0.138 e. The highest BCUT2D eigenvalue weighted by atomic mass is 35.5. The predicted molar refractivity (Wildman–Crippen MR) is 80.1 cm³/mol. The summed E-state index contributed by atoms with van der Waals surface area (Å²) < 4.78 is 11.3. The topological polar surface area (TPSA) is 47.7 Å². The van der Waals surface area contributed by atoms with Crippen LogP contribution in [-0.4, -0.2) is 49.3 Å². The second kappa shape index (κ2) is 6.52. The molecule has 1 aliphatic heterocycles. The van der Waals surface area contributed by atoms with Crippen molar-refractivity contribution in [3.05, 3.63) is 28.8 Å². The van der Waals surface area contributed by atoms with Crippen LogP contribution in [0.25, 0.3) is 0 Å². The van der Waals surface area contributed by atoms with Crippen LogP contribution in [0.3, 0.4) is 0 Å². The van der Waals surface area contributed by atoms with E-state index < -0.39 is 0 Å². The number of thiocarbonyl (C=S) groups is 1. The van der Waals surface area contributed by atoms with E-state index in [0.717, 1.165) is 25.3 Å². The summed E-state index contributed by atoms with van der Waals surface area (Å²) >= 11 is 11.0. The van der Waals surface area contributed by atoms with E-state index in [1.807, 2.05) is 0 Å². The third-order valence-corrected chi connectivity index (χ3v) is 3.51. The highest BCUT2D eigenvalue weighted by Gasteiger charge is 2.18. The third kappa shape index (κ3) is 4.04. The van der Waals surface area contributed by atoms with Crippen molar-refractivity contribution in [2.75, 3.05) is 33.4 Å². The van der Waals surface area contributed by atoms with E-state index in [0.29, 0.717) is 22.4 Å². The van der Waals surface area contributed by atoms with E-state index >= 15 is 0 Å². The van der Waals surface area contributed by atoms with Crippen LogP contribution in [0.15, 0.2) is 18.2 Å². The molecular formula is C13H17ClN2O2S. The van der Waals surface area contributed by atoms with Gasteiger partial charge in [0.2, 0.25) is 0 Å². The number of nitrogens with zero attached hydrogens (tertiary/aromatic N) is 1. The van der Waals surface area contributed by atoms with Gasteiger partial charge >= 0.3 is 0 Å². The molecule has 1 unspecified atom stereocenters. The largest absolute Gasteiger partial charge is 0.489 e. The van der Waals surface area contributed by atoms with Crippen LogP contribution in [0.4, 0.5) is 0 Å². The number of morpholine rings is 1. The zero-order chi connectivity index (χ0) is 13.8. The second-order valence-electron chi connectivity index (χ2n) is 4.58. The number of hydrogen-bond donors (Lipinski definition) is 1. The number of hydrogen-bond acceptors (Lipinski definition) is 4. The molecule has 0 bridgehead atoms. The Morgan fingerprint density at radius 3 is 3.05 bits per heavy atom. The molecule has 1 saturated heterocycles. The molecule has 0 aromatic heterocycles. The number of likely N-dealkylation sites (N-methyl/N-ethyl adjacent to an activating group) is 1. The van der Waals surface area contributed by atoms with Gasteiger partial charge in [0.15, 0.2) is 0 Å². The summed E-state index contributed by atoms with van der Waals surface area (Å²) in [5, 5.41) is 0.509. The van der Waals surface area contributed by atoms with Crippen molar-refractivity contribution in [3.63, 3.8) is 0 Å². The average molecular weight is 301 g/mol. The molecule has 6 heteroatoms. The van der Waals surface area contributed by atoms with Gasteiger partial charge < -0.3 is 20.1 Å². The molecule has 0 spiro atoms. The van der Waals surface area contributed by atoms with Gasteiger partial charge in [0, 0.05) is 18.7 Å². The summed E-state index contributed by atoms with van der Waals surface area (Å²) in [7, 11) is 2.07. The highest BCUT2D eigenvalue weighted by Crippen LogP contribution is 2.25. The van der Waals surface area contributed by atoms with Gasteiger partial charge in [-0.15, -0.1) is 0 Å². The number of rotatable bonds is 4. The zero-order valence-corrected chi connectivity index (χ0v) is 12.3. The molecule has 0 amide bonds. The molecule has 0 radical (unpaired) electrons. The van der Waals surface area contributed by atoms with Crippen LogP contribution in [0.5, 0.6) is 5.75 Å². The number of benzene rings is 1. The Labute approximate surface area is 123 Å². The normalized spacial score (nSPS) is 20.2. The van der Waals surface area contributed by atoms with E-state index in [4.69, 9.17) is 39.0 Å². The van der Waals surface area contributed by atoms with E-state index in [2.05, 4.69) is 11.9 Å². The molecule has 4 nitrogen and oxygen atoms in total. The first-order chi connectivity index (χ1) is 9.06. The van der Waals surface area contributed by atoms with Gasteiger partial charge in [0.1, 0.15) is 23.4 Å². The molecule has 1 heterocycles. The monoisotopic (exact) mass is 300 g/mol. The summed E-state index contributed by atoms with van der Waals surface area (Å²) in [6, 6.07) is 5.30. The fourth-order valence-electron chi connectivity index (χ4n) is 1.92. The van der Waals surface area contributed by atoms with Crippen molar-refractivity contribution in [3.8, 4) is 5.75 Å². The van der Waals surface area contributed by atoms with E-state index in [1.54, 1.807) is 18.2 Å². The second-order valence-corrected chi connectivity index (χ2v) is 5.42. The lowest BCUT2D eigenvalue weighted by Gasteiger charge is -2.29. The summed E-state index contributed by atoms with van der Waals surface area (Å²) in [4.78, 5) is 2.54. The maximum absolute atomic E-state index is 6.13. The molecule has 1 atom stereocenters. The van der Waals surface area contributed by atoms with Crippen LogP contribution in [0.1, 0.15) is 5.56 Å². The molecule has 1 fully saturated rings. The predicted octanol–water partition coefficient (Wildman–Crippen LogP) is 1.68. The molecule has 0 aliphatic carbocycles. The SMILES string of the molecule is CN1CCOC(COc2ccc(C(N)=S)cc2Cl)C1. The molecule has 0 saturated carbocycles. The fourth-order valence-corrected chi connectivity index (χ4v) is 2.28. The van der Waals surface area contributed by atoms with Gasteiger partial charge in [-0.3, -0.25) is 0 Å². The Hall–Kier alpha value is -0.880. The minimum Gasteiger partial charge on any atom is -0.489 e. The molecule has 104 valence electrons. The Morgan fingerprint density at radius 1 is 1.63 bits per heavy atom. The minimum absolute atomic E-state index is 0.0741. The van der Waals surface area contributed by atoms with Crippen molar-refractivity contribution in [1.29, 1.82) is 0 Å². The molecule has 2 N–H and O–H groups in total. The van der Waals surface area contributed by atoms with Gasteiger partial charge in [-0.05, 0) is 25.2 Å². The van der Waals surface area contributed by atoms with Gasteiger partial charge in [-0.1, -0.05) is 23.8 Å². The van der Waals surface area contributed by atoms with Crippen molar-refractivity contribution < 1.29 is 9.47 Å². The van der Waals surface area contributed by atoms with E-state index in [9.17, 15) is 0 Å². The Kier molecular flexibility index (Phi) is 4.99. The lowest BCUT2D eigenvalue weighted by atomic mass is 10.2. The van der Waals surface area contributed by atoms with Crippen LogP contribution >= 0.6 is 23.8 Å². The number of ether oxygens (including phenoxy) is 2. The maximum Gasteiger partial charge on any atom is 0.138 e. The Morgan fingerprint density at radius 2 is 2.42 bits per heavy atom. The summed E-state index contributed by atoms with van der Waals surface area (Å²) in [5.41, 5.74) is 6.28. The lowest BCUT2D eigenvalue weighted by molar-refractivity contribution is -0.0403. The Balaban J connectivity index is 1.94. The minimum atomic E-state index is 0.0741. The average Bonchev–Trinajstić information content (AvgIpc) is 2.37. The summed E-state index contributed by atoms with van der Waals surface area (Å²) in [5.74, 6) is 0.624. The van der Waals surface area contributed by atoms with Gasteiger partial charge in [-0.2, -0.15) is 0 Å². The van der Waals surface area contributed by atoms with E-state index in [-0.39, 0.29) is 6.10 Å². The molecule has 1 aliphatic rings. The van der Waals surface area contributed by atoms with E-state index in [1.165, 1.54) is 0 Å². The summed E-state index contributed by atoms with van der Waals surface area (Å²) in [6.45, 7) is 3.04. The first-order valence-corrected chi connectivity index (χ1v) is 6.87. The third-order valence-electron chi connectivity index (χ3n) is 2.98. The standard InChI is InChI=1S/C13H17ClN2O2S/c1-16-4-5-17-10(7-16)8-18-12-3-2-9(13(15)19)6-11(12)14/h2-3,6,10H,4-5,7-8H2,1H3,(H2,15,19). The van der Waals surface area contributed by atoms with Crippen LogP contribution < -0.4 is 10.5 Å². The molecule has 2 rings (SSSR count). The fraction of sp³-hybridized carbons (Fsp3) is 0.462. The lowest BCUT2D eigenvalue weighted by Crippen LogP contribution is -2.42. The molecule has 1 aromatic carbocycles. The van der Waals surface area contributed by atoms with Gasteiger partial charge in [0.25, 0.3) is 0 Å². The van der Waals surface area contributed by atoms with Crippen molar-refractivity contribution in [2.45, 2.75) is 6.10 Å². The number of halogens is 1. The maximum atomic E-state index is 6.13. The first-order valence-electron chi connectivity index (χ1n) is 6.08. The highest BCUT2D eigenvalue weighted by molar-refractivity contribution is 7.80. The van der Waals surface area contributed by atoms with Crippen molar-refractivity contribution in [1.82, 2.24) is 4.90 Å². The Bertz CT molecular complexity index is 470. The first kappa shape index (κ1) is 14.5. The number of nitrogens with two attached hydrogens (primary N) is 1.